The number of nitrogens with one attached hydrogen (secondary N) is 1. The topological polar surface area (TPSA) is 88.1 Å². The molecule has 8 heteroatoms. The van der Waals surface area contributed by atoms with Crippen LogP contribution in [0.15, 0.2) is 42.5 Å². The highest BCUT2D eigenvalue weighted by atomic mass is 19.1. The zero-order valence-electron chi connectivity index (χ0n) is 20.0. The minimum Gasteiger partial charge on any atom is -0.478 e. The van der Waals surface area contributed by atoms with Crippen LogP contribution in [0.25, 0.3) is 0 Å². The fourth-order valence-electron chi connectivity index (χ4n) is 4.68. The van der Waals surface area contributed by atoms with Crippen LogP contribution in [0.1, 0.15) is 60.0 Å². The summed E-state index contributed by atoms with van der Waals surface area (Å²) in [4.78, 5) is 26.1. The number of anilines is 1. The molecule has 188 valence electrons. The molecule has 2 aromatic rings. The third kappa shape index (κ3) is 7.02. The number of urea groups is 1. The van der Waals surface area contributed by atoms with Crippen molar-refractivity contribution in [3.63, 3.8) is 0 Å². The number of benzene rings is 2. The minimum atomic E-state index is -0.937. The largest absolute Gasteiger partial charge is 0.478 e. The van der Waals surface area contributed by atoms with Crippen molar-refractivity contribution in [1.29, 1.82) is 0 Å². The lowest BCUT2D eigenvalue weighted by molar-refractivity contribution is -0.0524. The smallest absolute Gasteiger partial charge is 0.336 e. The van der Waals surface area contributed by atoms with Gasteiger partial charge in [-0.3, -0.25) is 0 Å². The summed E-state index contributed by atoms with van der Waals surface area (Å²) < 4.78 is 25.6. The number of carboxylic acids is 1. The summed E-state index contributed by atoms with van der Waals surface area (Å²) in [6, 6.07) is 11.3. The van der Waals surface area contributed by atoms with Gasteiger partial charge in [0.05, 0.1) is 31.0 Å². The molecule has 0 bridgehead atoms. The Morgan fingerprint density at radius 2 is 1.83 bits per heavy atom. The molecule has 7 nitrogen and oxygen atoms in total. The van der Waals surface area contributed by atoms with Crippen LogP contribution in [0.3, 0.4) is 0 Å². The summed E-state index contributed by atoms with van der Waals surface area (Å²) in [5, 5.41) is 12.3. The first-order valence-corrected chi connectivity index (χ1v) is 12.3. The van der Waals surface area contributed by atoms with Gasteiger partial charge in [-0.2, -0.15) is 0 Å². The molecular formula is C27H33FN2O5. The number of halogens is 1. The zero-order valence-corrected chi connectivity index (χ0v) is 20.0. The first-order chi connectivity index (χ1) is 16.9. The van der Waals surface area contributed by atoms with Gasteiger partial charge < -0.3 is 24.8 Å². The molecule has 2 aliphatic rings. The molecule has 0 radical (unpaired) electrons. The Hall–Kier alpha value is -2.97. The molecule has 0 unspecified atom stereocenters. The minimum absolute atomic E-state index is 0.00622. The number of carbonyl (C=O) groups is 2. The first-order valence-electron chi connectivity index (χ1n) is 12.3. The Bertz CT molecular complexity index is 1040. The Labute approximate surface area is 205 Å². The van der Waals surface area contributed by atoms with Crippen molar-refractivity contribution in [3.8, 4) is 0 Å². The Morgan fingerprint density at radius 3 is 2.54 bits per heavy atom. The van der Waals surface area contributed by atoms with Gasteiger partial charge in [0.2, 0.25) is 0 Å². The molecule has 2 aromatic carbocycles. The number of hydrogen-bond donors (Lipinski definition) is 2. The number of nitrogens with zero attached hydrogens (tertiary/aromatic N) is 1. The van der Waals surface area contributed by atoms with E-state index in [4.69, 9.17) is 9.47 Å². The summed E-state index contributed by atoms with van der Waals surface area (Å²) in [6.07, 6.45) is 5.54. The summed E-state index contributed by atoms with van der Waals surface area (Å²) in [5.74, 6) is -1.33. The number of aryl methyl sites for hydroxylation is 1. The zero-order chi connectivity index (χ0) is 24.8. The number of carboxylic acid groups (broad SMARTS) is 1. The van der Waals surface area contributed by atoms with E-state index in [0.717, 1.165) is 44.1 Å². The van der Waals surface area contributed by atoms with Crippen LogP contribution in [0.5, 0.6) is 0 Å². The maximum atomic E-state index is 13.4. The van der Waals surface area contributed by atoms with Crippen LogP contribution in [-0.4, -0.2) is 53.4 Å². The van der Waals surface area contributed by atoms with E-state index in [1.54, 1.807) is 36.1 Å². The lowest BCUT2D eigenvalue weighted by Crippen LogP contribution is -2.40. The van der Waals surface area contributed by atoms with E-state index < -0.39 is 5.97 Å². The van der Waals surface area contributed by atoms with Crippen molar-refractivity contribution >= 4 is 17.7 Å². The molecule has 0 heterocycles. The van der Waals surface area contributed by atoms with Crippen LogP contribution in [0.2, 0.25) is 0 Å². The molecule has 2 amide bonds. The van der Waals surface area contributed by atoms with Gasteiger partial charge in [0.1, 0.15) is 5.82 Å². The van der Waals surface area contributed by atoms with Gasteiger partial charge in [0.25, 0.3) is 0 Å². The molecule has 2 fully saturated rings. The second-order valence-corrected chi connectivity index (χ2v) is 9.37. The van der Waals surface area contributed by atoms with E-state index in [9.17, 15) is 19.1 Å². The summed E-state index contributed by atoms with van der Waals surface area (Å²) in [6.45, 7) is 2.95. The van der Waals surface area contributed by atoms with E-state index in [2.05, 4.69) is 5.32 Å². The molecular weight excluding hydrogens is 451 g/mol. The van der Waals surface area contributed by atoms with E-state index in [-0.39, 0.29) is 36.7 Å². The molecule has 0 saturated heterocycles. The Morgan fingerprint density at radius 1 is 1.09 bits per heavy atom. The molecule has 2 N–H and O–H groups in total. The monoisotopic (exact) mass is 484 g/mol. The predicted molar refractivity (Wildman–Crippen MR) is 130 cm³/mol. The van der Waals surface area contributed by atoms with Crippen LogP contribution < -0.4 is 5.32 Å². The molecule has 2 aliphatic carbocycles. The molecule has 2 atom stereocenters. The van der Waals surface area contributed by atoms with Crippen LogP contribution >= 0.6 is 0 Å². The molecule has 0 aromatic heterocycles. The lowest BCUT2D eigenvalue weighted by Gasteiger charge is -2.30. The number of amides is 2. The third-order valence-electron chi connectivity index (χ3n) is 6.64. The van der Waals surface area contributed by atoms with Crippen molar-refractivity contribution < 1.29 is 28.6 Å². The summed E-state index contributed by atoms with van der Waals surface area (Å²) >= 11 is 0. The summed E-state index contributed by atoms with van der Waals surface area (Å²) in [7, 11) is 0. The van der Waals surface area contributed by atoms with Crippen molar-refractivity contribution in [2.24, 2.45) is 0 Å². The lowest BCUT2D eigenvalue weighted by atomic mass is 9.94. The Balaban J connectivity index is 1.24. The normalized spacial score (nSPS) is 19.8. The highest BCUT2D eigenvalue weighted by Gasteiger charge is 2.33. The predicted octanol–water partition coefficient (Wildman–Crippen LogP) is 5.37. The van der Waals surface area contributed by atoms with Crippen LogP contribution in [0, 0.1) is 12.7 Å². The van der Waals surface area contributed by atoms with E-state index in [1.165, 1.54) is 12.1 Å². The van der Waals surface area contributed by atoms with Crippen molar-refractivity contribution in [2.45, 2.75) is 70.3 Å². The van der Waals surface area contributed by atoms with Gasteiger partial charge in [0, 0.05) is 18.3 Å². The number of carbonyl (C=O) groups excluding carboxylic acids is 1. The summed E-state index contributed by atoms with van der Waals surface area (Å²) in [5.41, 5.74) is 2.16. The van der Waals surface area contributed by atoms with Gasteiger partial charge >= 0.3 is 12.0 Å². The van der Waals surface area contributed by atoms with Gasteiger partial charge in [-0.25, -0.2) is 14.0 Å². The number of ether oxygens (including phenoxy) is 2. The maximum absolute atomic E-state index is 13.4. The van der Waals surface area contributed by atoms with Crippen molar-refractivity contribution in [3.05, 3.63) is 65.0 Å². The average molecular weight is 485 g/mol. The molecule has 35 heavy (non-hydrogen) atoms. The second kappa shape index (κ2) is 11.6. The van der Waals surface area contributed by atoms with E-state index in [1.807, 2.05) is 6.07 Å². The van der Waals surface area contributed by atoms with Gasteiger partial charge in [-0.15, -0.1) is 0 Å². The van der Waals surface area contributed by atoms with E-state index >= 15 is 0 Å². The molecule has 0 spiro atoms. The molecule has 0 aliphatic heterocycles. The van der Waals surface area contributed by atoms with Gasteiger partial charge in [-0.1, -0.05) is 24.3 Å². The average Bonchev–Trinajstić information content (AvgIpc) is 3.66. The standard InChI is InChI=1S/C27H33FN2O5/c1-18-5-2-6-19(25(18)26(31)32)17-35-24-10-4-9-23(16-24)34-14-13-30(22-11-12-22)27(33)29-21-8-3-7-20(28)15-21/h2-3,5-8,15,22-24H,4,9-14,16-17H2,1H3,(H,29,33)(H,31,32)/t23-,24+/m0/s1. The maximum Gasteiger partial charge on any atom is 0.336 e. The fourth-order valence-corrected chi connectivity index (χ4v) is 4.68. The Kier molecular flexibility index (Phi) is 8.36. The first kappa shape index (κ1) is 25.1. The van der Waals surface area contributed by atoms with Crippen molar-refractivity contribution in [2.75, 3.05) is 18.5 Å². The van der Waals surface area contributed by atoms with Crippen molar-refractivity contribution in [1.82, 2.24) is 4.90 Å². The quantitative estimate of drug-likeness (QED) is 0.473. The molecule has 2 saturated carbocycles. The van der Waals surface area contributed by atoms with Gasteiger partial charge in [0.15, 0.2) is 0 Å². The third-order valence-corrected chi connectivity index (χ3v) is 6.64. The number of rotatable bonds is 10. The molecule has 4 rings (SSSR count). The van der Waals surface area contributed by atoms with Gasteiger partial charge in [-0.05, 0) is 74.8 Å². The SMILES string of the molecule is Cc1cccc(CO[C@@H]2CCC[C@H](OCCN(C(=O)Nc3cccc(F)c3)C3CC3)C2)c1C(=O)O. The van der Waals surface area contributed by atoms with Crippen LogP contribution in [0.4, 0.5) is 14.9 Å². The highest BCUT2D eigenvalue weighted by molar-refractivity contribution is 5.91. The van der Waals surface area contributed by atoms with Crippen LogP contribution in [-0.2, 0) is 16.1 Å². The number of aromatic carboxylic acids is 1. The number of hydrogen-bond acceptors (Lipinski definition) is 4. The second-order valence-electron chi connectivity index (χ2n) is 9.37. The fraction of sp³-hybridized carbons (Fsp3) is 0.481. The van der Waals surface area contributed by atoms with E-state index in [0.29, 0.717) is 30.0 Å². The highest BCUT2D eigenvalue weighted by Crippen LogP contribution is 2.29.